The molecule has 0 radical (unpaired) electrons. The molecule has 3 rings (SSSR count). The number of hydrogen-bond donors (Lipinski definition) is 0. The summed E-state index contributed by atoms with van der Waals surface area (Å²) < 4.78 is 10.7. The van der Waals surface area contributed by atoms with Crippen molar-refractivity contribution in [1.82, 2.24) is 0 Å². The van der Waals surface area contributed by atoms with Crippen molar-refractivity contribution in [2.75, 3.05) is 6.79 Å². The smallest absolute Gasteiger partial charge is 0.257 e. The van der Waals surface area contributed by atoms with E-state index in [0.29, 0.717) is 27.8 Å². The van der Waals surface area contributed by atoms with Gasteiger partial charge in [-0.25, -0.2) is 4.98 Å². The Morgan fingerprint density at radius 2 is 2.00 bits per heavy atom. The normalized spacial score (nSPS) is 12.3. The quantitative estimate of drug-likeness (QED) is 0.804. The number of aryl methyl sites for hydroxylation is 2. The minimum absolute atomic E-state index is 0.228. The predicted molar refractivity (Wildman–Crippen MR) is 84.3 cm³/mol. The largest absolute Gasteiger partial charge is 0.454 e. The highest BCUT2D eigenvalue weighted by Gasteiger charge is 2.19. The SMILES string of the molecule is Cc1cc(C)c(C#N)c(SCc2cc3c(cc2Cl)OCO3)[nH+]1. The van der Waals surface area contributed by atoms with Gasteiger partial charge in [0.15, 0.2) is 17.2 Å². The second-order valence-electron chi connectivity index (χ2n) is 5.04. The average Bonchev–Trinajstić information content (AvgIpc) is 2.91. The molecule has 2 heterocycles. The number of hydrogen-bond acceptors (Lipinski definition) is 4. The minimum Gasteiger partial charge on any atom is -0.454 e. The molecule has 1 aromatic heterocycles. The summed E-state index contributed by atoms with van der Waals surface area (Å²) in [6.45, 7) is 4.15. The summed E-state index contributed by atoms with van der Waals surface area (Å²) in [5.74, 6) is 2.03. The highest BCUT2D eigenvalue weighted by atomic mass is 35.5. The molecule has 0 saturated heterocycles. The molecule has 112 valence electrons. The fourth-order valence-electron chi connectivity index (χ4n) is 2.32. The van der Waals surface area contributed by atoms with E-state index in [-0.39, 0.29) is 6.79 Å². The maximum Gasteiger partial charge on any atom is 0.257 e. The summed E-state index contributed by atoms with van der Waals surface area (Å²) in [6.07, 6.45) is 0. The van der Waals surface area contributed by atoms with Crippen LogP contribution in [0.2, 0.25) is 5.02 Å². The maximum atomic E-state index is 9.32. The molecule has 6 heteroatoms. The van der Waals surface area contributed by atoms with Crippen molar-refractivity contribution in [1.29, 1.82) is 5.26 Å². The van der Waals surface area contributed by atoms with Crippen LogP contribution >= 0.6 is 23.4 Å². The first-order valence-corrected chi connectivity index (χ1v) is 8.09. The number of nitrogens with one attached hydrogen (secondary N) is 1. The highest BCUT2D eigenvalue weighted by molar-refractivity contribution is 7.98. The molecule has 0 spiro atoms. The van der Waals surface area contributed by atoms with Crippen molar-refractivity contribution in [2.24, 2.45) is 0 Å². The Morgan fingerprint density at radius 1 is 1.27 bits per heavy atom. The van der Waals surface area contributed by atoms with Gasteiger partial charge in [0.05, 0.1) is 0 Å². The summed E-state index contributed by atoms with van der Waals surface area (Å²) in [7, 11) is 0. The summed E-state index contributed by atoms with van der Waals surface area (Å²) in [5, 5.41) is 10.8. The molecule has 1 aliphatic rings. The Bertz CT molecular complexity index is 787. The lowest BCUT2D eigenvalue weighted by Gasteiger charge is -2.06. The van der Waals surface area contributed by atoms with Gasteiger partial charge in [0.2, 0.25) is 6.79 Å². The van der Waals surface area contributed by atoms with E-state index >= 15 is 0 Å². The first kappa shape index (κ1) is 15.0. The van der Waals surface area contributed by atoms with Crippen LogP contribution in [0, 0.1) is 25.2 Å². The minimum atomic E-state index is 0.228. The molecule has 1 aliphatic heterocycles. The third-order valence-corrected chi connectivity index (χ3v) is 4.79. The van der Waals surface area contributed by atoms with Gasteiger partial charge in [0, 0.05) is 29.8 Å². The summed E-state index contributed by atoms with van der Waals surface area (Å²) in [6, 6.07) is 7.89. The van der Waals surface area contributed by atoms with Crippen LogP contribution in [-0.2, 0) is 5.75 Å². The highest BCUT2D eigenvalue weighted by Crippen LogP contribution is 2.38. The van der Waals surface area contributed by atoms with Crippen LogP contribution in [0.25, 0.3) is 0 Å². The lowest BCUT2D eigenvalue weighted by molar-refractivity contribution is -0.435. The topological polar surface area (TPSA) is 56.4 Å². The molecule has 22 heavy (non-hydrogen) atoms. The van der Waals surface area contributed by atoms with Gasteiger partial charge in [0.25, 0.3) is 5.03 Å². The van der Waals surface area contributed by atoms with E-state index < -0.39 is 0 Å². The molecular weight excluding hydrogens is 320 g/mol. The summed E-state index contributed by atoms with van der Waals surface area (Å²) >= 11 is 7.84. The number of benzene rings is 1. The number of thioether (sulfide) groups is 1. The van der Waals surface area contributed by atoms with E-state index in [4.69, 9.17) is 21.1 Å². The Morgan fingerprint density at radius 3 is 2.73 bits per heavy atom. The van der Waals surface area contributed by atoms with Crippen molar-refractivity contribution in [3.63, 3.8) is 0 Å². The molecule has 1 N–H and O–H groups in total. The number of nitriles is 1. The number of nitrogens with zero attached hydrogens (tertiary/aromatic N) is 1. The molecule has 0 aliphatic carbocycles. The van der Waals surface area contributed by atoms with Crippen molar-refractivity contribution < 1.29 is 14.5 Å². The van der Waals surface area contributed by atoms with Gasteiger partial charge in [-0.1, -0.05) is 23.4 Å². The Labute approximate surface area is 138 Å². The number of aromatic nitrogens is 1. The van der Waals surface area contributed by atoms with Crippen molar-refractivity contribution in [3.05, 3.63) is 45.6 Å². The van der Waals surface area contributed by atoms with Crippen LogP contribution < -0.4 is 14.5 Å². The van der Waals surface area contributed by atoms with Crippen molar-refractivity contribution in [2.45, 2.75) is 24.6 Å². The first-order valence-electron chi connectivity index (χ1n) is 6.73. The van der Waals surface area contributed by atoms with Crippen LogP contribution in [0.1, 0.15) is 22.4 Å². The predicted octanol–water partition coefficient (Wildman–Crippen LogP) is 3.66. The van der Waals surface area contributed by atoms with E-state index in [0.717, 1.165) is 21.8 Å². The van der Waals surface area contributed by atoms with Crippen molar-refractivity contribution in [3.8, 4) is 17.6 Å². The van der Waals surface area contributed by atoms with Gasteiger partial charge in [-0.2, -0.15) is 5.26 Å². The van der Waals surface area contributed by atoms with Crippen LogP contribution in [0.15, 0.2) is 23.2 Å². The molecule has 0 saturated carbocycles. The maximum absolute atomic E-state index is 9.32. The molecule has 0 amide bonds. The first-order chi connectivity index (χ1) is 10.6. The number of fused-ring (bicyclic) bond motifs is 1. The van der Waals surface area contributed by atoms with Crippen molar-refractivity contribution >= 4 is 23.4 Å². The van der Waals surface area contributed by atoms with E-state index in [1.165, 1.54) is 0 Å². The lowest BCUT2D eigenvalue weighted by atomic mass is 10.1. The van der Waals surface area contributed by atoms with Gasteiger partial charge in [-0.05, 0) is 24.1 Å². The number of ether oxygens (including phenoxy) is 2. The molecule has 0 unspecified atom stereocenters. The van der Waals surface area contributed by atoms with Gasteiger partial charge >= 0.3 is 0 Å². The number of rotatable bonds is 3. The van der Waals surface area contributed by atoms with E-state index in [1.807, 2.05) is 26.0 Å². The van der Waals surface area contributed by atoms with Gasteiger partial charge in [-0.3, -0.25) is 0 Å². The Hall–Kier alpha value is -1.90. The third-order valence-electron chi connectivity index (χ3n) is 3.39. The standard InChI is InChI=1S/C16H13ClN2O2S/c1-9-3-10(2)19-16(12(9)6-18)22-7-11-4-14-15(5-13(11)17)21-8-20-14/h3-5H,7-8H2,1-2H3/p+1. The van der Waals surface area contributed by atoms with E-state index in [2.05, 4.69) is 11.1 Å². The Balaban J connectivity index is 1.86. The third kappa shape index (κ3) is 2.85. The summed E-state index contributed by atoms with van der Waals surface area (Å²) in [4.78, 5) is 3.25. The van der Waals surface area contributed by atoms with Gasteiger partial charge in [-0.15, -0.1) is 0 Å². The molecule has 4 nitrogen and oxygen atoms in total. The molecule has 0 bridgehead atoms. The zero-order valence-electron chi connectivity index (χ0n) is 12.2. The van der Waals surface area contributed by atoms with Gasteiger partial charge < -0.3 is 9.47 Å². The fraction of sp³-hybridized carbons (Fsp3) is 0.250. The van der Waals surface area contributed by atoms with Crippen LogP contribution in [0.4, 0.5) is 0 Å². The molecule has 0 fully saturated rings. The molecular formula is C16H14ClN2O2S+. The van der Waals surface area contributed by atoms with Crippen LogP contribution in [0.3, 0.4) is 0 Å². The average molecular weight is 334 g/mol. The van der Waals surface area contributed by atoms with Gasteiger partial charge in [0.1, 0.15) is 11.6 Å². The molecule has 2 aromatic rings. The number of pyridine rings is 1. The van der Waals surface area contributed by atoms with Crippen LogP contribution in [-0.4, -0.2) is 6.79 Å². The fourth-order valence-corrected chi connectivity index (χ4v) is 3.74. The van der Waals surface area contributed by atoms with E-state index in [1.54, 1.807) is 17.8 Å². The number of H-pyrrole nitrogens is 1. The monoisotopic (exact) mass is 333 g/mol. The zero-order chi connectivity index (χ0) is 15.7. The zero-order valence-corrected chi connectivity index (χ0v) is 13.8. The number of halogens is 1. The number of aromatic amines is 1. The lowest BCUT2D eigenvalue weighted by Crippen LogP contribution is -2.14. The molecule has 1 aromatic carbocycles. The van der Waals surface area contributed by atoms with E-state index in [9.17, 15) is 5.26 Å². The van der Waals surface area contributed by atoms with Crippen LogP contribution in [0.5, 0.6) is 11.5 Å². The Kier molecular flexibility index (Phi) is 4.14. The summed E-state index contributed by atoms with van der Waals surface area (Å²) in [5.41, 5.74) is 3.62. The second-order valence-corrected chi connectivity index (χ2v) is 6.43. The molecule has 0 atom stereocenters. The second kappa shape index (κ2) is 6.07.